The zero-order chi connectivity index (χ0) is 13.5. The Hall–Kier alpha value is -2.05. The van der Waals surface area contributed by atoms with Crippen LogP contribution in [0.4, 0.5) is 0 Å². The quantitative estimate of drug-likeness (QED) is 0.850. The molecule has 0 aliphatic carbocycles. The van der Waals surface area contributed by atoms with Gasteiger partial charge in [0.15, 0.2) is 0 Å². The van der Waals surface area contributed by atoms with E-state index in [2.05, 4.69) is 40.4 Å². The lowest BCUT2D eigenvalue weighted by atomic mass is 10.1. The van der Waals surface area contributed by atoms with Gasteiger partial charge in [-0.25, -0.2) is 4.98 Å². The summed E-state index contributed by atoms with van der Waals surface area (Å²) in [5.74, 6) is 7.09. The summed E-state index contributed by atoms with van der Waals surface area (Å²) < 4.78 is 2.15. The topological polar surface area (TPSA) is 38.0 Å². The van der Waals surface area contributed by atoms with E-state index in [1.54, 1.807) is 0 Å². The molecule has 0 fully saturated rings. The molecule has 2 rings (SSSR count). The van der Waals surface area contributed by atoms with Crippen LogP contribution in [-0.4, -0.2) is 21.3 Å². The third-order valence-corrected chi connectivity index (χ3v) is 2.87. The van der Waals surface area contributed by atoms with Gasteiger partial charge in [-0.3, -0.25) is 0 Å². The molecule has 0 unspecified atom stereocenters. The molecule has 0 spiro atoms. The molecule has 0 atom stereocenters. The van der Waals surface area contributed by atoms with Gasteiger partial charge in [0.25, 0.3) is 0 Å². The summed E-state index contributed by atoms with van der Waals surface area (Å²) in [6.45, 7) is 3.04. The minimum absolute atomic E-state index is 0.113. The van der Waals surface area contributed by atoms with E-state index < -0.39 is 0 Å². The van der Waals surface area contributed by atoms with Crippen molar-refractivity contribution in [2.24, 2.45) is 0 Å². The molecule has 0 aliphatic rings. The van der Waals surface area contributed by atoms with Gasteiger partial charge in [0.2, 0.25) is 0 Å². The molecule has 0 amide bonds. The van der Waals surface area contributed by atoms with Gasteiger partial charge in [-0.1, -0.05) is 30.9 Å². The third kappa shape index (κ3) is 3.70. The normalized spacial score (nSPS) is 10.0. The SMILES string of the molecule is CCc1nccn1Cc1cccc(C#CCCO)c1. The van der Waals surface area contributed by atoms with Gasteiger partial charge in [-0.15, -0.1) is 0 Å². The molecule has 0 radical (unpaired) electrons. The minimum Gasteiger partial charge on any atom is -0.395 e. The highest BCUT2D eigenvalue weighted by molar-refractivity contribution is 5.37. The lowest BCUT2D eigenvalue weighted by Gasteiger charge is -2.06. The Labute approximate surface area is 113 Å². The Balaban J connectivity index is 2.14. The number of hydrogen-bond acceptors (Lipinski definition) is 2. The smallest absolute Gasteiger partial charge is 0.108 e. The fourth-order valence-electron chi connectivity index (χ4n) is 1.96. The number of imidazole rings is 1. The van der Waals surface area contributed by atoms with Crippen molar-refractivity contribution < 1.29 is 5.11 Å². The number of nitrogens with zero attached hydrogens (tertiary/aromatic N) is 2. The van der Waals surface area contributed by atoms with E-state index in [0.717, 1.165) is 24.4 Å². The molecular formula is C16H18N2O. The molecule has 3 nitrogen and oxygen atoms in total. The third-order valence-electron chi connectivity index (χ3n) is 2.87. The van der Waals surface area contributed by atoms with Gasteiger partial charge in [0, 0.05) is 37.3 Å². The van der Waals surface area contributed by atoms with Crippen LogP contribution in [0.25, 0.3) is 0 Å². The lowest BCUT2D eigenvalue weighted by molar-refractivity contribution is 0.305. The molecule has 0 saturated carbocycles. The summed E-state index contributed by atoms with van der Waals surface area (Å²) in [6.07, 6.45) is 5.29. The van der Waals surface area contributed by atoms with Crippen LogP contribution in [0.5, 0.6) is 0 Å². The number of hydrogen-bond donors (Lipinski definition) is 1. The summed E-state index contributed by atoms with van der Waals surface area (Å²) in [5.41, 5.74) is 2.20. The van der Waals surface area contributed by atoms with Crippen LogP contribution in [0.2, 0.25) is 0 Å². The zero-order valence-electron chi connectivity index (χ0n) is 11.1. The summed E-state index contributed by atoms with van der Waals surface area (Å²) in [6, 6.07) is 8.18. The molecule has 2 aromatic rings. The number of aliphatic hydroxyl groups is 1. The second-order valence-corrected chi connectivity index (χ2v) is 4.30. The van der Waals surface area contributed by atoms with E-state index in [9.17, 15) is 0 Å². The highest BCUT2D eigenvalue weighted by atomic mass is 16.2. The average molecular weight is 254 g/mol. The van der Waals surface area contributed by atoms with Crippen molar-refractivity contribution in [3.05, 3.63) is 53.6 Å². The van der Waals surface area contributed by atoms with E-state index in [0.29, 0.717) is 6.42 Å². The van der Waals surface area contributed by atoms with E-state index in [4.69, 9.17) is 5.11 Å². The summed E-state index contributed by atoms with van der Waals surface area (Å²) >= 11 is 0. The Morgan fingerprint density at radius 3 is 3.05 bits per heavy atom. The van der Waals surface area contributed by atoms with Crippen LogP contribution in [0.3, 0.4) is 0 Å². The maximum absolute atomic E-state index is 8.71. The number of aliphatic hydroxyl groups excluding tert-OH is 1. The maximum Gasteiger partial charge on any atom is 0.108 e. The first-order chi connectivity index (χ1) is 9.33. The monoisotopic (exact) mass is 254 g/mol. The second-order valence-electron chi connectivity index (χ2n) is 4.30. The van der Waals surface area contributed by atoms with Gasteiger partial charge < -0.3 is 9.67 Å². The molecule has 0 aliphatic heterocycles. The van der Waals surface area contributed by atoms with Crippen molar-refractivity contribution in [3.8, 4) is 11.8 Å². The first-order valence-electron chi connectivity index (χ1n) is 6.52. The molecule has 1 N–H and O–H groups in total. The Morgan fingerprint density at radius 1 is 1.37 bits per heavy atom. The first-order valence-corrected chi connectivity index (χ1v) is 6.52. The number of aromatic nitrogens is 2. The second kappa shape index (κ2) is 6.77. The van der Waals surface area contributed by atoms with Crippen LogP contribution >= 0.6 is 0 Å². The van der Waals surface area contributed by atoms with Gasteiger partial charge in [0.05, 0.1) is 6.61 Å². The minimum atomic E-state index is 0.113. The van der Waals surface area contributed by atoms with Crippen molar-refractivity contribution in [3.63, 3.8) is 0 Å². The summed E-state index contributed by atoms with van der Waals surface area (Å²) in [4.78, 5) is 4.32. The van der Waals surface area contributed by atoms with Crippen molar-refractivity contribution in [2.75, 3.05) is 6.61 Å². The van der Waals surface area contributed by atoms with Crippen LogP contribution in [0, 0.1) is 11.8 Å². The molecular weight excluding hydrogens is 236 g/mol. The van der Waals surface area contributed by atoms with Gasteiger partial charge in [0.1, 0.15) is 5.82 Å². The standard InChI is InChI=1S/C16H18N2O/c1-2-16-17-9-10-18(16)13-15-8-5-7-14(12-15)6-3-4-11-19/h5,7-10,12,19H,2,4,11,13H2,1H3. The molecule has 1 aromatic carbocycles. The summed E-state index contributed by atoms with van der Waals surface area (Å²) in [7, 11) is 0. The lowest BCUT2D eigenvalue weighted by Crippen LogP contribution is -2.03. The van der Waals surface area contributed by atoms with Crippen molar-refractivity contribution >= 4 is 0 Å². The van der Waals surface area contributed by atoms with E-state index in [-0.39, 0.29) is 6.61 Å². The Kier molecular flexibility index (Phi) is 4.77. The predicted molar refractivity (Wildman–Crippen MR) is 75.7 cm³/mol. The van der Waals surface area contributed by atoms with Crippen LogP contribution in [-0.2, 0) is 13.0 Å². The largest absolute Gasteiger partial charge is 0.395 e. The molecule has 0 saturated heterocycles. The average Bonchev–Trinajstić information content (AvgIpc) is 2.87. The van der Waals surface area contributed by atoms with Gasteiger partial charge in [-0.05, 0) is 17.7 Å². The highest BCUT2D eigenvalue weighted by Gasteiger charge is 2.01. The Morgan fingerprint density at radius 2 is 2.26 bits per heavy atom. The molecule has 1 heterocycles. The Bertz CT molecular complexity index is 590. The number of aryl methyl sites for hydroxylation is 1. The maximum atomic E-state index is 8.71. The molecule has 3 heteroatoms. The zero-order valence-corrected chi connectivity index (χ0v) is 11.1. The van der Waals surface area contributed by atoms with Gasteiger partial charge in [-0.2, -0.15) is 0 Å². The van der Waals surface area contributed by atoms with Gasteiger partial charge >= 0.3 is 0 Å². The number of benzene rings is 1. The van der Waals surface area contributed by atoms with E-state index in [1.807, 2.05) is 24.5 Å². The van der Waals surface area contributed by atoms with Crippen molar-refractivity contribution in [2.45, 2.75) is 26.3 Å². The number of rotatable bonds is 4. The van der Waals surface area contributed by atoms with E-state index in [1.165, 1.54) is 5.56 Å². The van der Waals surface area contributed by atoms with Crippen LogP contribution in [0.1, 0.15) is 30.3 Å². The molecule has 0 bridgehead atoms. The molecule has 19 heavy (non-hydrogen) atoms. The van der Waals surface area contributed by atoms with Crippen molar-refractivity contribution in [1.29, 1.82) is 0 Å². The molecule has 1 aromatic heterocycles. The predicted octanol–water partition coefficient (Wildman–Crippen LogP) is 2.23. The van der Waals surface area contributed by atoms with Crippen molar-refractivity contribution in [1.82, 2.24) is 9.55 Å². The van der Waals surface area contributed by atoms with E-state index >= 15 is 0 Å². The highest BCUT2D eigenvalue weighted by Crippen LogP contribution is 2.08. The molecule has 98 valence electrons. The van der Waals surface area contributed by atoms with Crippen LogP contribution in [0.15, 0.2) is 36.7 Å². The van der Waals surface area contributed by atoms with Crippen LogP contribution < -0.4 is 0 Å². The summed E-state index contributed by atoms with van der Waals surface area (Å²) in [5, 5.41) is 8.71. The first kappa shape index (κ1) is 13.4. The fraction of sp³-hybridized carbons (Fsp3) is 0.312. The fourth-order valence-corrected chi connectivity index (χ4v) is 1.96.